The van der Waals surface area contributed by atoms with Crippen LogP contribution in [0.5, 0.6) is 0 Å². The first kappa shape index (κ1) is 18.9. The van der Waals surface area contributed by atoms with E-state index in [1.807, 2.05) is 24.4 Å². The number of nitrogens with one attached hydrogen (secondary N) is 1. The molecule has 3 rings (SSSR count). The first-order valence-corrected chi connectivity index (χ1v) is 9.62. The van der Waals surface area contributed by atoms with Crippen molar-refractivity contribution in [3.63, 3.8) is 0 Å². The third kappa shape index (κ3) is 3.64. The Morgan fingerprint density at radius 3 is 2.70 bits per heavy atom. The molecule has 1 N–H and O–H groups in total. The minimum absolute atomic E-state index is 0.291. The van der Waals surface area contributed by atoms with Gasteiger partial charge in [-0.25, -0.2) is 9.97 Å². The third-order valence-corrected chi connectivity index (χ3v) is 5.89. The van der Waals surface area contributed by atoms with Gasteiger partial charge in [-0.15, -0.1) is 22.7 Å². The van der Waals surface area contributed by atoms with E-state index in [-0.39, 0.29) is 5.91 Å². The predicted molar refractivity (Wildman–Crippen MR) is 107 cm³/mol. The van der Waals surface area contributed by atoms with Gasteiger partial charge in [0.05, 0.1) is 15.1 Å². The molecule has 0 unspecified atom stereocenters. The summed E-state index contributed by atoms with van der Waals surface area (Å²) in [5.41, 5.74) is 4.02. The number of aromatic nitrogens is 2. The van der Waals surface area contributed by atoms with Gasteiger partial charge < -0.3 is 0 Å². The van der Waals surface area contributed by atoms with Crippen molar-refractivity contribution in [3.05, 3.63) is 39.6 Å². The summed E-state index contributed by atoms with van der Waals surface area (Å²) in [5, 5.41) is 3.88. The number of fused-ring (bicyclic) bond motifs is 1. The molecule has 27 heavy (non-hydrogen) atoms. The molecule has 138 valence electrons. The Hall–Kier alpha value is -2.91. The monoisotopic (exact) mass is 400 g/mol. The van der Waals surface area contributed by atoms with E-state index >= 15 is 0 Å². The largest absolute Gasteiger partial charge is 0.299 e. The number of carbonyl (C=O) groups is 3. The highest BCUT2D eigenvalue weighted by molar-refractivity contribution is 7.20. The van der Waals surface area contributed by atoms with Crippen LogP contribution in [0.2, 0.25) is 0 Å². The minimum Gasteiger partial charge on any atom is -0.299 e. The first-order chi connectivity index (χ1) is 13.0. The highest BCUT2D eigenvalue weighted by Gasteiger charge is 2.20. The van der Waals surface area contributed by atoms with Gasteiger partial charge in [-0.3, -0.25) is 24.8 Å². The molecular formula is C18H16N4O3S2. The third-order valence-electron chi connectivity index (χ3n) is 3.91. The van der Waals surface area contributed by atoms with Crippen molar-refractivity contribution < 1.29 is 14.4 Å². The summed E-state index contributed by atoms with van der Waals surface area (Å²) in [4.78, 5) is 45.6. The molecule has 3 aromatic rings. The van der Waals surface area contributed by atoms with E-state index in [0.717, 1.165) is 16.7 Å². The Bertz CT molecular complexity index is 1050. The van der Waals surface area contributed by atoms with Crippen molar-refractivity contribution in [2.75, 3.05) is 12.5 Å². The topological polar surface area (TPSA) is 92.3 Å². The van der Waals surface area contributed by atoms with E-state index in [4.69, 9.17) is 0 Å². The van der Waals surface area contributed by atoms with Crippen molar-refractivity contribution in [1.82, 2.24) is 15.0 Å². The van der Waals surface area contributed by atoms with Gasteiger partial charge in [-0.2, -0.15) is 0 Å². The smallest absolute Gasteiger partial charge is 0.267 e. The number of likely N-dealkylation sites (N-methyl/N-ethyl adjacent to an activating group) is 1. The van der Waals surface area contributed by atoms with Gasteiger partial charge in [-0.05, 0) is 36.9 Å². The zero-order valence-electron chi connectivity index (χ0n) is 14.8. The molecule has 3 aromatic heterocycles. The van der Waals surface area contributed by atoms with Crippen LogP contribution in [0, 0.1) is 6.92 Å². The molecule has 0 spiro atoms. The first-order valence-electron chi connectivity index (χ1n) is 7.93. The van der Waals surface area contributed by atoms with Gasteiger partial charge >= 0.3 is 0 Å². The van der Waals surface area contributed by atoms with Crippen LogP contribution < -0.4 is 5.43 Å². The number of aryl methyl sites for hydroxylation is 1. The molecule has 0 aliphatic heterocycles. The van der Waals surface area contributed by atoms with E-state index in [0.29, 0.717) is 38.6 Å². The summed E-state index contributed by atoms with van der Waals surface area (Å²) >= 11 is 2.78. The highest BCUT2D eigenvalue weighted by atomic mass is 32.1. The van der Waals surface area contributed by atoms with E-state index in [9.17, 15) is 14.4 Å². The number of nitrogens with zero attached hydrogens (tertiary/aromatic N) is 3. The molecule has 0 aromatic carbocycles. The molecule has 0 aliphatic rings. The Morgan fingerprint density at radius 2 is 2.07 bits per heavy atom. The second kappa shape index (κ2) is 7.77. The van der Waals surface area contributed by atoms with Crippen LogP contribution in [0.25, 0.3) is 20.9 Å². The molecule has 3 heterocycles. The number of anilines is 1. The lowest BCUT2D eigenvalue weighted by Crippen LogP contribution is -2.33. The molecule has 0 aliphatic carbocycles. The number of amides is 1. The summed E-state index contributed by atoms with van der Waals surface area (Å²) in [6.45, 7) is 3.38. The van der Waals surface area contributed by atoms with Gasteiger partial charge in [0, 0.05) is 12.6 Å². The standard InChI is InChI=1S/C18H16N4O3S2/c1-10(6-7-23)18(25)22(3)21-16-14-11(2)13(9-24)27-17(14)20-15(19-16)12-5-4-8-26-12/h4-9H,1-3H3,(H,19,20,21)/b10-6-. The normalized spacial score (nSPS) is 11.4. The molecule has 1 amide bonds. The van der Waals surface area contributed by atoms with Crippen molar-refractivity contribution in [1.29, 1.82) is 0 Å². The van der Waals surface area contributed by atoms with Gasteiger partial charge in [-0.1, -0.05) is 6.07 Å². The van der Waals surface area contributed by atoms with Crippen LogP contribution in [0.4, 0.5) is 5.82 Å². The molecule has 0 bridgehead atoms. The second-order valence-electron chi connectivity index (χ2n) is 5.72. The average Bonchev–Trinajstić information content (AvgIpc) is 3.29. The van der Waals surface area contributed by atoms with Gasteiger partial charge in [0.15, 0.2) is 17.9 Å². The van der Waals surface area contributed by atoms with Crippen LogP contribution in [0.3, 0.4) is 0 Å². The number of carbonyl (C=O) groups excluding carboxylic acids is 3. The molecule has 0 saturated carbocycles. The summed E-state index contributed by atoms with van der Waals surface area (Å²) < 4.78 is 0. The van der Waals surface area contributed by atoms with Crippen molar-refractivity contribution >= 4 is 57.2 Å². The van der Waals surface area contributed by atoms with Crippen molar-refractivity contribution in [3.8, 4) is 10.7 Å². The van der Waals surface area contributed by atoms with Crippen LogP contribution >= 0.6 is 22.7 Å². The van der Waals surface area contributed by atoms with Crippen molar-refractivity contribution in [2.24, 2.45) is 0 Å². The lowest BCUT2D eigenvalue weighted by molar-refractivity contribution is -0.124. The number of hydrazine groups is 1. The number of rotatable bonds is 6. The van der Waals surface area contributed by atoms with E-state index in [1.165, 1.54) is 33.8 Å². The maximum atomic E-state index is 12.4. The van der Waals surface area contributed by atoms with Gasteiger partial charge in [0.25, 0.3) is 5.91 Å². The maximum Gasteiger partial charge on any atom is 0.267 e. The summed E-state index contributed by atoms with van der Waals surface area (Å²) in [6.07, 6.45) is 2.56. The van der Waals surface area contributed by atoms with Crippen LogP contribution in [-0.2, 0) is 9.59 Å². The molecule has 0 radical (unpaired) electrons. The predicted octanol–water partition coefficient (Wildman–Crippen LogP) is 3.47. The summed E-state index contributed by atoms with van der Waals surface area (Å²) in [7, 11) is 1.55. The van der Waals surface area contributed by atoms with Gasteiger partial charge in [0.2, 0.25) is 0 Å². The molecule has 0 atom stereocenters. The van der Waals surface area contributed by atoms with Crippen LogP contribution in [0.1, 0.15) is 22.2 Å². The zero-order valence-corrected chi connectivity index (χ0v) is 16.5. The molecule has 0 saturated heterocycles. The minimum atomic E-state index is -0.366. The second-order valence-corrected chi connectivity index (χ2v) is 7.70. The summed E-state index contributed by atoms with van der Waals surface area (Å²) in [5.74, 6) is 0.578. The van der Waals surface area contributed by atoms with Gasteiger partial charge in [0.1, 0.15) is 11.1 Å². The molecule has 9 heteroatoms. The maximum absolute atomic E-state index is 12.4. The highest BCUT2D eigenvalue weighted by Crippen LogP contribution is 2.35. The fourth-order valence-corrected chi connectivity index (χ4v) is 4.17. The number of hydrogen-bond donors (Lipinski definition) is 1. The lowest BCUT2D eigenvalue weighted by atomic mass is 10.2. The average molecular weight is 400 g/mol. The van der Waals surface area contributed by atoms with Crippen LogP contribution in [-0.4, -0.2) is 40.5 Å². The zero-order chi connectivity index (χ0) is 19.6. The quantitative estimate of drug-likeness (QED) is 0.387. The number of allylic oxidation sites excluding steroid dienone is 1. The Labute approximate surface area is 163 Å². The fraction of sp³-hybridized carbons (Fsp3) is 0.167. The van der Waals surface area contributed by atoms with Crippen LogP contribution in [0.15, 0.2) is 29.2 Å². The summed E-state index contributed by atoms with van der Waals surface area (Å²) in [6, 6.07) is 3.81. The molecule has 7 nitrogen and oxygen atoms in total. The molecule has 0 fully saturated rings. The number of hydrogen-bond acceptors (Lipinski definition) is 8. The Balaban J connectivity index is 2.10. The lowest BCUT2D eigenvalue weighted by Gasteiger charge is -2.20. The van der Waals surface area contributed by atoms with E-state index in [1.54, 1.807) is 14.0 Å². The van der Waals surface area contributed by atoms with Crippen molar-refractivity contribution in [2.45, 2.75) is 13.8 Å². The van der Waals surface area contributed by atoms with E-state index in [2.05, 4.69) is 15.4 Å². The SMILES string of the molecule is C/C(=C/C=O)C(=O)N(C)Nc1nc(-c2cccs2)nc2sc(C=O)c(C)c12. The number of thiophene rings is 2. The Kier molecular flexibility index (Phi) is 5.43. The Morgan fingerprint density at radius 1 is 1.30 bits per heavy atom. The van der Waals surface area contributed by atoms with E-state index < -0.39 is 0 Å². The molecular weight excluding hydrogens is 384 g/mol. The number of aldehydes is 2. The fourth-order valence-electron chi connectivity index (χ4n) is 2.51.